The number of nitrogens with two attached hydrogens (primary N) is 1. The molecule has 0 saturated heterocycles. The number of aromatic nitrogens is 1. The molecule has 0 saturated carbocycles. The Bertz CT molecular complexity index is 264. The molecule has 0 aromatic carbocycles. The van der Waals surface area contributed by atoms with Crippen LogP contribution < -0.4 is 23.1 Å². The number of methoxy groups -OCH3 is 1. The van der Waals surface area contributed by atoms with Crippen LogP contribution in [0.25, 0.3) is 0 Å². The van der Waals surface area contributed by atoms with Crippen molar-refractivity contribution in [3.63, 3.8) is 0 Å². The van der Waals surface area contributed by atoms with E-state index in [1.54, 1.807) is 5.38 Å². The highest BCUT2D eigenvalue weighted by molar-refractivity contribution is 7.13. The fourth-order valence-electron chi connectivity index (χ4n) is 0.665. The number of hydrogen-bond donors (Lipinski definition) is 1. The van der Waals surface area contributed by atoms with E-state index in [0.717, 1.165) is 5.69 Å². The van der Waals surface area contributed by atoms with E-state index in [1.165, 1.54) is 18.4 Å². The minimum Gasteiger partial charge on any atom is -1.00 e. The largest absolute Gasteiger partial charge is 1.00 e. The highest BCUT2D eigenvalue weighted by Gasteiger charge is 2.08. The zero-order valence-electron chi connectivity index (χ0n) is 6.46. The molecule has 0 aliphatic heterocycles. The zero-order chi connectivity index (χ0) is 8.27. The minimum absolute atomic E-state index is 0. The van der Waals surface area contributed by atoms with Gasteiger partial charge in [-0.2, -0.15) is 0 Å². The van der Waals surface area contributed by atoms with Gasteiger partial charge < -0.3 is 17.1 Å². The smallest absolute Gasteiger partial charge is 0.329 e. The predicted molar refractivity (Wildman–Crippen MR) is 41.0 cm³/mol. The summed E-state index contributed by atoms with van der Waals surface area (Å²) in [5.41, 5.74) is 6.20. The Morgan fingerprint density at radius 1 is 1.83 bits per heavy atom. The van der Waals surface area contributed by atoms with Crippen LogP contribution in [0.15, 0.2) is 5.38 Å². The molecule has 0 amide bonds. The van der Waals surface area contributed by atoms with Crippen molar-refractivity contribution in [2.75, 3.05) is 12.8 Å². The molecule has 0 radical (unpaired) electrons. The Hall–Kier alpha value is -0.810. The monoisotopic (exact) mass is 208 g/mol. The number of H-pyrrole nitrogens is 1. The number of nitrogens with one attached hydrogen (secondary N) is 1. The lowest BCUT2D eigenvalue weighted by Crippen LogP contribution is -3.00. The lowest BCUT2D eigenvalue weighted by Gasteiger charge is -1.91. The van der Waals surface area contributed by atoms with Gasteiger partial charge in [0.1, 0.15) is 12.1 Å². The number of rotatable bonds is 2. The number of carbonyl (C=O) groups excluding carboxylic acids is 1. The van der Waals surface area contributed by atoms with Gasteiger partial charge in [0, 0.05) is 5.38 Å². The van der Waals surface area contributed by atoms with Crippen molar-refractivity contribution in [3.05, 3.63) is 11.1 Å². The van der Waals surface area contributed by atoms with E-state index in [2.05, 4.69) is 9.72 Å². The van der Waals surface area contributed by atoms with Gasteiger partial charge in [-0.15, -0.1) is 0 Å². The maximum atomic E-state index is 10.7. The number of anilines is 1. The maximum Gasteiger partial charge on any atom is 0.329 e. The Kier molecular flexibility index (Phi) is 4.61. The van der Waals surface area contributed by atoms with Crippen molar-refractivity contribution in [3.8, 4) is 0 Å². The quantitative estimate of drug-likeness (QED) is 0.523. The van der Waals surface area contributed by atoms with E-state index in [4.69, 9.17) is 5.73 Å². The number of thiazole rings is 1. The molecular formula is C6H9ClN2O2S. The highest BCUT2D eigenvalue weighted by atomic mass is 35.5. The van der Waals surface area contributed by atoms with Gasteiger partial charge in [0.05, 0.1) is 7.11 Å². The average Bonchev–Trinajstić information content (AvgIpc) is 2.35. The summed E-state index contributed by atoms with van der Waals surface area (Å²) in [6.07, 6.45) is 0.254. The van der Waals surface area contributed by atoms with E-state index in [-0.39, 0.29) is 24.8 Å². The van der Waals surface area contributed by atoms with Crippen molar-refractivity contribution in [2.24, 2.45) is 0 Å². The number of esters is 1. The third-order valence-electron chi connectivity index (χ3n) is 1.17. The van der Waals surface area contributed by atoms with Gasteiger partial charge in [0.2, 0.25) is 0 Å². The predicted octanol–water partition coefficient (Wildman–Crippen LogP) is -3.14. The van der Waals surface area contributed by atoms with Crippen LogP contribution in [-0.2, 0) is 16.0 Å². The van der Waals surface area contributed by atoms with E-state index >= 15 is 0 Å². The van der Waals surface area contributed by atoms with Gasteiger partial charge in [0.25, 0.3) is 0 Å². The van der Waals surface area contributed by atoms with Crippen LogP contribution in [0.3, 0.4) is 0 Å². The van der Waals surface area contributed by atoms with Gasteiger partial charge in [0.15, 0.2) is 0 Å². The first kappa shape index (κ1) is 11.2. The first-order valence-electron chi connectivity index (χ1n) is 3.04. The third-order valence-corrected chi connectivity index (χ3v) is 1.93. The molecule has 1 heterocycles. The van der Waals surface area contributed by atoms with Gasteiger partial charge in [-0.3, -0.25) is 10.5 Å². The minimum atomic E-state index is -0.265. The van der Waals surface area contributed by atoms with Crippen LogP contribution in [0, 0.1) is 0 Å². The Labute approximate surface area is 80.2 Å². The molecule has 0 atom stereocenters. The first-order valence-corrected chi connectivity index (χ1v) is 3.92. The molecule has 0 bridgehead atoms. The lowest BCUT2D eigenvalue weighted by atomic mass is 10.3. The fourth-order valence-corrected chi connectivity index (χ4v) is 1.27. The molecule has 68 valence electrons. The summed E-state index contributed by atoms with van der Waals surface area (Å²) in [6, 6.07) is 0. The van der Waals surface area contributed by atoms with E-state index < -0.39 is 0 Å². The van der Waals surface area contributed by atoms with E-state index in [1.807, 2.05) is 0 Å². The number of aromatic amines is 1. The second kappa shape index (κ2) is 4.95. The SMILES string of the molecule is COC(=O)Cc1csc(N)[nH+]1.[Cl-]. The Morgan fingerprint density at radius 3 is 2.92 bits per heavy atom. The molecular weight excluding hydrogens is 200 g/mol. The van der Waals surface area contributed by atoms with Crippen molar-refractivity contribution in [2.45, 2.75) is 6.42 Å². The number of hydrogen-bond acceptors (Lipinski definition) is 4. The van der Waals surface area contributed by atoms with Crippen LogP contribution in [0.4, 0.5) is 5.13 Å². The van der Waals surface area contributed by atoms with Crippen molar-refractivity contribution < 1.29 is 26.9 Å². The molecule has 0 unspecified atom stereocenters. The second-order valence-corrected chi connectivity index (χ2v) is 2.91. The lowest BCUT2D eigenvalue weighted by molar-refractivity contribution is -0.365. The van der Waals surface area contributed by atoms with Crippen LogP contribution in [0.5, 0.6) is 0 Å². The second-order valence-electron chi connectivity index (χ2n) is 2.00. The number of nitrogen functional groups attached to an aromatic ring is 1. The van der Waals surface area contributed by atoms with Gasteiger partial charge in [-0.05, 0) is 0 Å². The summed E-state index contributed by atoms with van der Waals surface area (Å²) in [4.78, 5) is 13.5. The molecule has 1 rings (SSSR count). The Morgan fingerprint density at radius 2 is 2.50 bits per heavy atom. The first-order chi connectivity index (χ1) is 5.22. The summed E-state index contributed by atoms with van der Waals surface area (Å²) in [6.45, 7) is 0. The van der Waals surface area contributed by atoms with Crippen molar-refractivity contribution in [1.82, 2.24) is 0 Å². The third kappa shape index (κ3) is 3.06. The summed E-state index contributed by atoms with van der Waals surface area (Å²) in [5, 5.41) is 2.40. The van der Waals surface area contributed by atoms with Crippen LogP contribution in [-0.4, -0.2) is 13.1 Å². The summed E-state index contributed by atoms with van der Waals surface area (Å²) in [7, 11) is 1.36. The number of halogens is 1. The van der Waals surface area contributed by atoms with Gasteiger partial charge in [-0.25, -0.2) is 4.98 Å². The standard InChI is InChI=1S/C6H8N2O2S.ClH/c1-10-5(9)2-4-3-11-6(7)8-4;/h3H,2H2,1H3,(H2,7,8);1H. The van der Waals surface area contributed by atoms with E-state index in [0.29, 0.717) is 5.13 Å². The van der Waals surface area contributed by atoms with Crippen LogP contribution in [0.2, 0.25) is 0 Å². The number of ether oxygens (including phenoxy) is 1. The maximum absolute atomic E-state index is 10.7. The summed E-state index contributed by atoms with van der Waals surface area (Å²) in [5.74, 6) is -0.265. The fraction of sp³-hybridized carbons (Fsp3) is 0.333. The molecule has 0 fully saturated rings. The van der Waals surface area contributed by atoms with Crippen molar-refractivity contribution in [1.29, 1.82) is 0 Å². The molecule has 0 aliphatic carbocycles. The van der Waals surface area contributed by atoms with Crippen LogP contribution >= 0.6 is 11.3 Å². The molecule has 6 heteroatoms. The van der Waals surface area contributed by atoms with Gasteiger partial charge in [-0.1, -0.05) is 11.3 Å². The molecule has 0 aliphatic rings. The average molecular weight is 209 g/mol. The summed E-state index contributed by atoms with van der Waals surface area (Å²) < 4.78 is 4.47. The van der Waals surface area contributed by atoms with Crippen LogP contribution in [0.1, 0.15) is 5.69 Å². The Balaban J connectivity index is 0.00000121. The molecule has 0 spiro atoms. The highest BCUT2D eigenvalue weighted by Crippen LogP contribution is 2.05. The molecule has 4 nitrogen and oxygen atoms in total. The number of carbonyl (C=O) groups is 1. The zero-order valence-corrected chi connectivity index (χ0v) is 8.04. The van der Waals surface area contributed by atoms with E-state index in [9.17, 15) is 4.79 Å². The molecule has 1 aromatic heterocycles. The molecule has 12 heavy (non-hydrogen) atoms. The summed E-state index contributed by atoms with van der Waals surface area (Å²) >= 11 is 1.37. The molecule has 1 aromatic rings. The normalized spacial score (nSPS) is 8.75. The molecule has 3 N–H and O–H groups in total. The van der Waals surface area contributed by atoms with Crippen molar-refractivity contribution >= 4 is 22.4 Å². The van der Waals surface area contributed by atoms with Gasteiger partial charge >= 0.3 is 11.1 Å². The topological polar surface area (TPSA) is 66.5 Å².